The van der Waals surface area contributed by atoms with E-state index in [1.165, 1.54) is 0 Å². The lowest BCUT2D eigenvalue weighted by atomic mass is 9.89. The highest BCUT2D eigenvalue weighted by Crippen LogP contribution is 2.30. The minimum atomic E-state index is -0.708. The Hall–Kier alpha value is -3.88. The van der Waals surface area contributed by atoms with E-state index in [9.17, 15) is 18.4 Å². The predicted octanol–water partition coefficient (Wildman–Crippen LogP) is 4.24. The van der Waals surface area contributed by atoms with Gasteiger partial charge in [0.1, 0.15) is 11.6 Å². The van der Waals surface area contributed by atoms with Crippen LogP contribution in [0.15, 0.2) is 60.8 Å². The molecule has 9 heteroatoms. The third kappa shape index (κ3) is 5.19. The number of benzene rings is 2. The van der Waals surface area contributed by atoms with Gasteiger partial charge in [-0.3, -0.25) is 9.59 Å². The highest BCUT2D eigenvalue weighted by atomic mass is 19.1. The van der Waals surface area contributed by atoms with Gasteiger partial charge >= 0.3 is 0 Å². The van der Waals surface area contributed by atoms with Gasteiger partial charge in [0.05, 0.1) is 11.5 Å². The summed E-state index contributed by atoms with van der Waals surface area (Å²) >= 11 is 0. The average molecular weight is 492 g/mol. The van der Waals surface area contributed by atoms with Crippen molar-refractivity contribution >= 4 is 23.3 Å². The number of carbonyl (C=O) groups excluding carboxylic acids is 2. The van der Waals surface area contributed by atoms with Gasteiger partial charge in [0, 0.05) is 38.1 Å². The van der Waals surface area contributed by atoms with E-state index in [-0.39, 0.29) is 23.3 Å². The molecule has 2 aliphatic rings. The number of piperidine rings is 1. The van der Waals surface area contributed by atoms with Crippen LogP contribution >= 0.6 is 0 Å². The lowest BCUT2D eigenvalue weighted by molar-refractivity contribution is -0.119. The smallest absolute Gasteiger partial charge is 0.256 e. The van der Waals surface area contributed by atoms with Crippen molar-refractivity contribution in [3.63, 3.8) is 0 Å². The van der Waals surface area contributed by atoms with Crippen LogP contribution in [-0.2, 0) is 4.79 Å². The maximum Gasteiger partial charge on any atom is 0.256 e. The highest BCUT2D eigenvalue weighted by molar-refractivity contribution is 5.94. The van der Waals surface area contributed by atoms with E-state index >= 15 is 0 Å². The summed E-state index contributed by atoms with van der Waals surface area (Å²) in [5.41, 5.74) is 1.65. The van der Waals surface area contributed by atoms with Crippen LogP contribution in [-0.4, -0.2) is 53.1 Å². The first-order valence-electron chi connectivity index (χ1n) is 12.2. The average Bonchev–Trinajstić information content (AvgIpc) is 3.42. The minimum absolute atomic E-state index is 0.00876. The summed E-state index contributed by atoms with van der Waals surface area (Å²) in [5, 5.41) is 11.0. The van der Waals surface area contributed by atoms with E-state index < -0.39 is 17.5 Å². The van der Waals surface area contributed by atoms with Crippen LogP contribution in [0.4, 0.5) is 20.3 Å². The lowest BCUT2D eigenvalue weighted by Crippen LogP contribution is -2.38. The molecule has 5 rings (SSSR count). The minimum Gasteiger partial charge on any atom is -0.354 e. The number of anilines is 2. The molecule has 1 aromatic heterocycles. The number of aromatic nitrogens is 2. The van der Waals surface area contributed by atoms with E-state index in [0.717, 1.165) is 61.1 Å². The molecule has 2 saturated heterocycles. The molecule has 2 fully saturated rings. The second-order valence-corrected chi connectivity index (χ2v) is 9.32. The zero-order valence-electron chi connectivity index (χ0n) is 19.7. The fourth-order valence-corrected chi connectivity index (χ4v) is 4.98. The van der Waals surface area contributed by atoms with E-state index in [2.05, 4.69) is 20.4 Å². The maximum absolute atomic E-state index is 14.0. The second-order valence-electron chi connectivity index (χ2n) is 9.32. The molecule has 2 amide bonds. The summed E-state index contributed by atoms with van der Waals surface area (Å²) in [7, 11) is 0. The fraction of sp³-hybridized carbons (Fsp3) is 0.333. The number of hydrogen-bond donors (Lipinski definition) is 1. The summed E-state index contributed by atoms with van der Waals surface area (Å²) in [6.07, 6.45) is 3.85. The third-order valence-corrected chi connectivity index (χ3v) is 7.03. The SMILES string of the molecule is O=C(Nc1ccc(C2CCN(C(=O)c3cc(F)ccc3F)CC2)cc1)[C@H]1CCN(c2cccnn2)C1. The molecule has 0 aliphatic carbocycles. The van der Waals surface area contributed by atoms with Crippen LogP contribution in [0.25, 0.3) is 0 Å². The normalized spacial score (nSPS) is 18.3. The van der Waals surface area contributed by atoms with Gasteiger partial charge in [-0.2, -0.15) is 5.10 Å². The van der Waals surface area contributed by atoms with Gasteiger partial charge in [0.15, 0.2) is 5.82 Å². The predicted molar refractivity (Wildman–Crippen MR) is 132 cm³/mol. The van der Waals surface area contributed by atoms with Gasteiger partial charge in [-0.05, 0) is 73.2 Å². The van der Waals surface area contributed by atoms with Crippen LogP contribution in [0.3, 0.4) is 0 Å². The van der Waals surface area contributed by atoms with Crippen molar-refractivity contribution in [2.75, 3.05) is 36.4 Å². The van der Waals surface area contributed by atoms with Gasteiger partial charge < -0.3 is 15.1 Å². The van der Waals surface area contributed by atoms with Crippen molar-refractivity contribution in [3.8, 4) is 0 Å². The molecule has 186 valence electrons. The summed E-state index contributed by atoms with van der Waals surface area (Å²) in [6, 6.07) is 14.5. The lowest BCUT2D eigenvalue weighted by Gasteiger charge is -2.32. The highest BCUT2D eigenvalue weighted by Gasteiger charge is 2.30. The van der Waals surface area contributed by atoms with Crippen molar-refractivity contribution in [2.24, 2.45) is 5.92 Å². The van der Waals surface area contributed by atoms with Gasteiger partial charge in [-0.15, -0.1) is 5.10 Å². The quantitative estimate of drug-likeness (QED) is 0.578. The van der Waals surface area contributed by atoms with Gasteiger partial charge in [-0.1, -0.05) is 12.1 Å². The van der Waals surface area contributed by atoms with Crippen LogP contribution in [0.5, 0.6) is 0 Å². The number of likely N-dealkylation sites (tertiary alicyclic amines) is 1. The Morgan fingerprint density at radius 3 is 2.44 bits per heavy atom. The Morgan fingerprint density at radius 1 is 0.944 bits per heavy atom. The Kier molecular flexibility index (Phi) is 6.88. The van der Waals surface area contributed by atoms with Crippen LogP contribution in [0, 0.1) is 17.6 Å². The first kappa shape index (κ1) is 23.8. The molecule has 2 aromatic carbocycles. The fourth-order valence-electron chi connectivity index (χ4n) is 4.98. The molecule has 3 aromatic rings. The second kappa shape index (κ2) is 10.4. The number of nitrogens with one attached hydrogen (secondary N) is 1. The van der Waals surface area contributed by atoms with Crippen molar-refractivity contribution in [1.29, 1.82) is 0 Å². The monoisotopic (exact) mass is 491 g/mol. The number of carbonyl (C=O) groups is 2. The van der Waals surface area contributed by atoms with Crippen molar-refractivity contribution in [2.45, 2.75) is 25.2 Å². The molecule has 36 heavy (non-hydrogen) atoms. The molecule has 0 saturated carbocycles. The molecular formula is C27H27F2N5O2. The van der Waals surface area contributed by atoms with Gasteiger partial charge in [0.2, 0.25) is 5.91 Å². The standard InChI is InChI=1S/C27H27F2N5O2/c28-21-5-8-24(29)23(16-21)27(36)33-13-9-19(10-14-33)18-3-6-22(7-4-18)31-26(35)20-11-15-34(17-20)25-2-1-12-30-32-25/h1-8,12,16,19-20H,9-11,13-15,17H2,(H,31,35)/t20-/m0/s1. The van der Waals surface area contributed by atoms with E-state index in [0.29, 0.717) is 19.6 Å². The molecule has 1 N–H and O–H groups in total. The largest absolute Gasteiger partial charge is 0.354 e. The molecule has 2 aliphatic heterocycles. The first-order chi connectivity index (χ1) is 17.5. The number of hydrogen-bond acceptors (Lipinski definition) is 5. The summed E-state index contributed by atoms with van der Waals surface area (Å²) < 4.78 is 27.5. The van der Waals surface area contributed by atoms with Gasteiger partial charge in [0.25, 0.3) is 5.91 Å². The third-order valence-electron chi connectivity index (χ3n) is 7.03. The molecule has 0 bridgehead atoms. The molecule has 0 spiro atoms. The molecule has 1 atom stereocenters. The summed E-state index contributed by atoms with van der Waals surface area (Å²) in [6.45, 7) is 2.33. The van der Waals surface area contributed by atoms with Crippen molar-refractivity contribution < 1.29 is 18.4 Å². The van der Waals surface area contributed by atoms with Crippen molar-refractivity contribution in [3.05, 3.63) is 83.6 Å². The van der Waals surface area contributed by atoms with E-state index in [1.54, 1.807) is 11.1 Å². The topological polar surface area (TPSA) is 78.4 Å². The molecular weight excluding hydrogens is 464 g/mol. The number of halogens is 2. The molecule has 3 heterocycles. The van der Waals surface area contributed by atoms with E-state index in [4.69, 9.17) is 0 Å². The van der Waals surface area contributed by atoms with Crippen LogP contribution in [0.2, 0.25) is 0 Å². The summed E-state index contributed by atoms with van der Waals surface area (Å²) in [4.78, 5) is 29.1. The Balaban J connectivity index is 1.13. The maximum atomic E-state index is 14.0. The Labute approximate surface area is 208 Å². The number of amides is 2. The Morgan fingerprint density at radius 2 is 1.72 bits per heavy atom. The molecule has 7 nitrogen and oxygen atoms in total. The number of nitrogens with zero attached hydrogens (tertiary/aromatic N) is 4. The van der Waals surface area contributed by atoms with Crippen LogP contribution in [0.1, 0.15) is 41.1 Å². The zero-order valence-corrected chi connectivity index (χ0v) is 19.7. The summed E-state index contributed by atoms with van der Waals surface area (Å²) in [5.74, 6) is -0.898. The Bertz CT molecular complexity index is 1230. The zero-order chi connectivity index (χ0) is 25.1. The van der Waals surface area contributed by atoms with Gasteiger partial charge in [-0.25, -0.2) is 8.78 Å². The van der Waals surface area contributed by atoms with Crippen LogP contribution < -0.4 is 10.2 Å². The molecule has 0 radical (unpaired) electrons. The molecule has 0 unspecified atom stereocenters. The van der Waals surface area contributed by atoms with E-state index in [1.807, 2.05) is 36.4 Å². The first-order valence-corrected chi connectivity index (χ1v) is 12.2. The van der Waals surface area contributed by atoms with Crippen molar-refractivity contribution in [1.82, 2.24) is 15.1 Å². The number of rotatable bonds is 5.